The second-order valence-electron chi connectivity index (χ2n) is 15.3. The van der Waals surface area contributed by atoms with Gasteiger partial charge in [0.05, 0.1) is 0 Å². The summed E-state index contributed by atoms with van der Waals surface area (Å²) in [6.07, 6.45) is 49.9. The Hall–Kier alpha value is -0.780. The molecule has 0 heterocycles. The highest BCUT2D eigenvalue weighted by molar-refractivity contribution is 5.38. The van der Waals surface area contributed by atoms with E-state index in [0.717, 1.165) is 5.92 Å². The van der Waals surface area contributed by atoms with Crippen molar-refractivity contribution in [2.24, 2.45) is 0 Å². The van der Waals surface area contributed by atoms with Crippen LogP contribution in [0.4, 0.5) is 0 Å². The molecule has 1 unspecified atom stereocenters. The standard InChI is InChI=1S/C46H86/c1-5-9-13-17-19-20-21-22-23-24-25-26-27-31-34-38-43(37-33-30-18-14-10-6-2)46-42-36-40-44(39-32-28-15-11-7-3)45(46)41-35-29-16-12-8-4/h36,40,42-43H,5-35,37-39,41H2,1-4H3. The summed E-state index contributed by atoms with van der Waals surface area (Å²) < 4.78 is 0. The molecule has 0 N–H and O–H groups in total. The van der Waals surface area contributed by atoms with Gasteiger partial charge in [0.2, 0.25) is 0 Å². The van der Waals surface area contributed by atoms with Crippen LogP contribution >= 0.6 is 0 Å². The Morgan fingerprint density at radius 1 is 0.348 bits per heavy atom. The summed E-state index contributed by atoms with van der Waals surface area (Å²) in [5, 5.41) is 0. The van der Waals surface area contributed by atoms with Crippen LogP contribution in [0.25, 0.3) is 0 Å². The first-order valence-corrected chi connectivity index (χ1v) is 21.9. The van der Waals surface area contributed by atoms with E-state index in [0.29, 0.717) is 0 Å². The molecule has 1 atom stereocenters. The molecule has 0 bridgehead atoms. The minimum atomic E-state index is 0.791. The van der Waals surface area contributed by atoms with Crippen molar-refractivity contribution in [2.45, 2.75) is 258 Å². The predicted octanol–water partition coefficient (Wildman–Crippen LogP) is 16.8. The van der Waals surface area contributed by atoms with Crippen molar-refractivity contribution in [1.29, 1.82) is 0 Å². The van der Waals surface area contributed by atoms with Crippen LogP contribution in [0.2, 0.25) is 0 Å². The minimum Gasteiger partial charge on any atom is -0.0654 e. The second kappa shape index (κ2) is 34.1. The number of aryl methyl sites for hydroxylation is 1. The second-order valence-corrected chi connectivity index (χ2v) is 15.3. The van der Waals surface area contributed by atoms with Gasteiger partial charge in [-0.25, -0.2) is 0 Å². The third-order valence-corrected chi connectivity index (χ3v) is 10.9. The fourth-order valence-electron chi connectivity index (χ4n) is 7.79. The lowest BCUT2D eigenvalue weighted by atomic mass is 9.81. The lowest BCUT2D eigenvalue weighted by Crippen LogP contribution is -2.08. The predicted molar refractivity (Wildman–Crippen MR) is 212 cm³/mol. The first kappa shape index (κ1) is 43.2. The van der Waals surface area contributed by atoms with Crippen LogP contribution in [0, 0.1) is 0 Å². The lowest BCUT2D eigenvalue weighted by Gasteiger charge is -2.24. The molecular formula is C46H86. The molecule has 0 fully saturated rings. The SMILES string of the molecule is CCCCCCCCCCCCCCCCCC(CCCCCCCC)c1cccc(CCCCCCC)c1CCCCCCC. The molecule has 0 aliphatic carbocycles. The minimum absolute atomic E-state index is 0.791. The average molecular weight is 639 g/mol. The molecule has 0 aliphatic heterocycles. The van der Waals surface area contributed by atoms with Gasteiger partial charge in [0.25, 0.3) is 0 Å². The van der Waals surface area contributed by atoms with Gasteiger partial charge in [-0.1, -0.05) is 232 Å². The molecule has 46 heavy (non-hydrogen) atoms. The molecule has 0 nitrogen and oxygen atoms in total. The van der Waals surface area contributed by atoms with E-state index >= 15 is 0 Å². The molecule has 0 aromatic heterocycles. The summed E-state index contributed by atoms with van der Waals surface area (Å²) in [5.74, 6) is 0.791. The van der Waals surface area contributed by atoms with Crippen LogP contribution in [0.15, 0.2) is 18.2 Å². The smallest absolute Gasteiger partial charge is 0.0159 e. The van der Waals surface area contributed by atoms with Gasteiger partial charge in [0, 0.05) is 0 Å². The first-order valence-electron chi connectivity index (χ1n) is 21.9. The summed E-state index contributed by atoms with van der Waals surface area (Å²) in [4.78, 5) is 0. The van der Waals surface area contributed by atoms with Gasteiger partial charge >= 0.3 is 0 Å². The van der Waals surface area contributed by atoms with Crippen molar-refractivity contribution in [2.75, 3.05) is 0 Å². The van der Waals surface area contributed by atoms with Crippen molar-refractivity contribution >= 4 is 0 Å². The largest absolute Gasteiger partial charge is 0.0654 e. The maximum atomic E-state index is 2.58. The first-order chi connectivity index (χ1) is 22.8. The molecule has 0 radical (unpaired) electrons. The molecule has 0 saturated carbocycles. The summed E-state index contributed by atoms with van der Waals surface area (Å²) in [7, 11) is 0. The highest BCUT2D eigenvalue weighted by Gasteiger charge is 2.18. The number of benzene rings is 1. The van der Waals surface area contributed by atoms with E-state index in [9.17, 15) is 0 Å². The van der Waals surface area contributed by atoms with E-state index in [4.69, 9.17) is 0 Å². The van der Waals surface area contributed by atoms with Crippen LogP contribution in [-0.2, 0) is 12.8 Å². The van der Waals surface area contributed by atoms with Gasteiger partial charge in [0.15, 0.2) is 0 Å². The molecule has 0 spiro atoms. The highest BCUT2D eigenvalue weighted by Crippen LogP contribution is 2.34. The third kappa shape index (κ3) is 24.4. The Bertz CT molecular complexity index is 732. The van der Waals surface area contributed by atoms with Crippen molar-refractivity contribution < 1.29 is 0 Å². The van der Waals surface area contributed by atoms with Crippen LogP contribution in [0.5, 0.6) is 0 Å². The van der Waals surface area contributed by atoms with Crippen molar-refractivity contribution in [3.63, 3.8) is 0 Å². The third-order valence-electron chi connectivity index (χ3n) is 10.9. The molecule has 1 aromatic carbocycles. The zero-order valence-electron chi connectivity index (χ0n) is 32.6. The molecule has 0 saturated heterocycles. The van der Waals surface area contributed by atoms with Crippen LogP contribution < -0.4 is 0 Å². The fraction of sp³-hybridized carbons (Fsp3) is 0.870. The molecule has 1 aromatic rings. The zero-order valence-corrected chi connectivity index (χ0v) is 32.6. The number of hydrogen-bond donors (Lipinski definition) is 0. The van der Waals surface area contributed by atoms with Gasteiger partial charge in [0.1, 0.15) is 0 Å². The normalized spacial score (nSPS) is 12.3. The van der Waals surface area contributed by atoms with Crippen molar-refractivity contribution in [3.05, 3.63) is 34.9 Å². The van der Waals surface area contributed by atoms with E-state index < -0.39 is 0 Å². The Morgan fingerprint density at radius 3 is 1.07 bits per heavy atom. The molecule has 0 aliphatic rings. The maximum Gasteiger partial charge on any atom is -0.0159 e. The fourth-order valence-corrected chi connectivity index (χ4v) is 7.79. The van der Waals surface area contributed by atoms with Gasteiger partial charge < -0.3 is 0 Å². The molecular weight excluding hydrogens is 553 g/mol. The van der Waals surface area contributed by atoms with Crippen molar-refractivity contribution in [1.82, 2.24) is 0 Å². The monoisotopic (exact) mass is 639 g/mol. The molecule has 1 rings (SSSR count). The topological polar surface area (TPSA) is 0 Å². The quantitative estimate of drug-likeness (QED) is 0.0642. The number of hydrogen-bond acceptors (Lipinski definition) is 0. The van der Waals surface area contributed by atoms with E-state index in [2.05, 4.69) is 45.9 Å². The van der Waals surface area contributed by atoms with E-state index in [-0.39, 0.29) is 0 Å². The number of unbranched alkanes of at least 4 members (excludes halogenated alkanes) is 27. The maximum absolute atomic E-state index is 2.58. The zero-order chi connectivity index (χ0) is 33.2. The molecule has 270 valence electrons. The Balaban J connectivity index is 2.64. The van der Waals surface area contributed by atoms with E-state index in [1.807, 2.05) is 0 Å². The molecule has 0 heteroatoms. The Labute approximate surface area is 292 Å². The summed E-state index contributed by atoms with van der Waals surface area (Å²) in [5.41, 5.74) is 5.29. The summed E-state index contributed by atoms with van der Waals surface area (Å²) in [6.45, 7) is 9.34. The van der Waals surface area contributed by atoms with Gasteiger partial charge in [-0.3, -0.25) is 0 Å². The van der Waals surface area contributed by atoms with E-state index in [1.54, 1.807) is 16.7 Å². The van der Waals surface area contributed by atoms with Gasteiger partial charge in [-0.2, -0.15) is 0 Å². The molecule has 0 amide bonds. The summed E-state index contributed by atoms with van der Waals surface area (Å²) >= 11 is 0. The van der Waals surface area contributed by atoms with Crippen LogP contribution in [0.1, 0.15) is 262 Å². The Kier molecular flexibility index (Phi) is 32.1. The van der Waals surface area contributed by atoms with Crippen molar-refractivity contribution in [3.8, 4) is 0 Å². The number of rotatable bonds is 36. The average Bonchev–Trinajstić information content (AvgIpc) is 3.07. The van der Waals surface area contributed by atoms with Crippen LogP contribution in [0.3, 0.4) is 0 Å². The van der Waals surface area contributed by atoms with E-state index in [1.165, 1.54) is 225 Å². The van der Waals surface area contributed by atoms with Gasteiger partial charge in [-0.05, 0) is 61.1 Å². The highest BCUT2D eigenvalue weighted by atomic mass is 14.2. The van der Waals surface area contributed by atoms with Gasteiger partial charge in [-0.15, -0.1) is 0 Å². The lowest BCUT2D eigenvalue weighted by molar-refractivity contribution is 0.479. The summed E-state index contributed by atoms with van der Waals surface area (Å²) in [6, 6.07) is 7.53. The van der Waals surface area contributed by atoms with Crippen LogP contribution in [-0.4, -0.2) is 0 Å². The Morgan fingerprint density at radius 2 is 0.674 bits per heavy atom.